The maximum atomic E-state index is 12.9. The molecule has 11 heteroatoms. The topological polar surface area (TPSA) is 111 Å². The van der Waals surface area contributed by atoms with Gasteiger partial charge in [-0.3, -0.25) is 24.3 Å². The second-order valence-corrected chi connectivity index (χ2v) is 7.00. The molecule has 0 bridgehead atoms. The zero-order valence-corrected chi connectivity index (χ0v) is 16.8. The van der Waals surface area contributed by atoms with E-state index < -0.39 is 45.8 Å². The maximum absolute atomic E-state index is 12.9. The van der Waals surface area contributed by atoms with E-state index in [0.29, 0.717) is 17.1 Å². The zero-order valence-electron chi connectivity index (χ0n) is 16.8. The number of nitrogens with zero attached hydrogens (tertiary/aromatic N) is 4. The van der Waals surface area contributed by atoms with E-state index in [4.69, 9.17) is 5.26 Å². The van der Waals surface area contributed by atoms with E-state index in [1.165, 1.54) is 18.2 Å². The van der Waals surface area contributed by atoms with Gasteiger partial charge >= 0.3 is 6.18 Å². The number of nitriles is 1. The Morgan fingerprint density at radius 3 is 2.34 bits per heavy atom. The molecule has 0 amide bonds. The molecule has 32 heavy (non-hydrogen) atoms. The predicted octanol–water partition coefficient (Wildman–Crippen LogP) is 3.94. The lowest BCUT2D eigenvalue weighted by Gasteiger charge is -2.12. The first kappa shape index (κ1) is 22.5. The van der Waals surface area contributed by atoms with Crippen LogP contribution in [0.2, 0.25) is 0 Å². The highest BCUT2D eigenvalue weighted by molar-refractivity contribution is 5.97. The number of rotatable bonds is 5. The van der Waals surface area contributed by atoms with Gasteiger partial charge in [0.15, 0.2) is 5.78 Å². The number of Topliss-reactive ketones (excluding diaryl/α,β-unsaturated/α-hetero) is 1. The Morgan fingerprint density at radius 2 is 1.81 bits per heavy atom. The molecular formula is C21H15F3N4O4. The van der Waals surface area contributed by atoms with Gasteiger partial charge in [-0.2, -0.15) is 18.4 Å². The summed E-state index contributed by atoms with van der Waals surface area (Å²) in [7, 11) is 0. The molecule has 2 aromatic heterocycles. The average Bonchev–Trinajstić information content (AvgIpc) is 3.02. The molecule has 0 fully saturated rings. The van der Waals surface area contributed by atoms with Crippen molar-refractivity contribution in [2.45, 2.75) is 26.6 Å². The van der Waals surface area contributed by atoms with Gasteiger partial charge in [-0.05, 0) is 44.2 Å². The van der Waals surface area contributed by atoms with Gasteiger partial charge in [0.1, 0.15) is 11.6 Å². The van der Waals surface area contributed by atoms with Gasteiger partial charge in [-0.25, -0.2) is 0 Å². The summed E-state index contributed by atoms with van der Waals surface area (Å²) in [4.78, 5) is 35.5. The third-order valence-corrected chi connectivity index (χ3v) is 4.90. The second kappa shape index (κ2) is 8.14. The quantitative estimate of drug-likeness (QED) is 0.336. The summed E-state index contributed by atoms with van der Waals surface area (Å²) in [5, 5.41) is 20.1. The number of ketones is 1. The Morgan fingerprint density at radius 1 is 1.19 bits per heavy atom. The SMILES string of the molecule is Cc1cc(C(=O)Cn2cc([N+](=O)[O-])cc(C#N)c2=O)c(C)n1-c1ccc(C(F)(F)F)cc1. The second-order valence-electron chi connectivity index (χ2n) is 7.00. The predicted molar refractivity (Wildman–Crippen MR) is 107 cm³/mol. The van der Waals surface area contributed by atoms with E-state index >= 15 is 0 Å². The molecule has 0 radical (unpaired) electrons. The fraction of sp³-hybridized carbons (Fsp3) is 0.190. The number of pyridine rings is 1. The van der Waals surface area contributed by atoms with E-state index in [-0.39, 0.29) is 5.56 Å². The molecule has 0 aliphatic rings. The minimum atomic E-state index is -4.48. The first-order valence-electron chi connectivity index (χ1n) is 9.12. The number of aromatic nitrogens is 2. The lowest BCUT2D eigenvalue weighted by molar-refractivity contribution is -0.385. The average molecular weight is 444 g/mol. The maximum Gasteiger partial charge on any atom is 0.416 e. The van der Waals surface area contributed by atoms with Crippen LogP contribution in [0.4, 0.5) is 18.9 Å². The van der Waals surface area contributed by atoms with Crippen LogP contribution in [0.5, 0.6) is 0 Å². The summed E-state index contributed by atoms with van der Waals surface area (Å²) in [6.45, 7) is 2.70. The third-order valence-electron chi connectivity index (χ3n) is 4.90. The Hall–Kier alpha value is -4.20. The van der Waals surface area contributed by atoms with Crippen LogP contribution < -0.4 is 5.56 Å². The van der Waals surface area contributed by atoms with Crippen LogP contribution in [0.25, 0.3) is 5.69 Å². The molecule has 0 saturated carbocycles. The Bertz CT molecular complexity index is 1330. The van der Waals surface area contributed by atoms with Crippen molar-refractivity contribution < 1.29 is 22.9 Å². The minimum absolute atomic E-state index is 0.194. The van der Waals surface area contributed by atoms with Crippen molar-refractivity contribution in [3.8, 4) is 11.8 Å². The van der Waals surface area contributed by atoms with Crippen LogP contribution in [-0.2, 0) is 12.7 Å². The summed E-state index contributed by atoms with van der Waals surface area (Å²) in [5.74, 6) is -0.553. The van der Waals surface area contributed by atoms with Gasteiger partial charge in [0.2, 0.25) is 0 Å². The summed E-state index contributed by atoms with van der Waals surface area (Å²) in [6.07, 6.45) is -3.59. The molecule has 0 spiro atoms. The molecule has 3 aromatic rings. The zero-order chi connectivity index (χ0) is 23.8. The number of halogens is 3. The van der Waals surface area contributed by atoms with Gasteiger partial charge in [0.05, 0.1) is 23.2 Å². The van der Waals surface area contributed by atoms with Crippen molar-refractivity contribution in [3.63, 3.8) is 0 Å². The largest absolute Gasteiger partial charge is 0.416 e. The monoisotopic (exact) mass is 444 g/mol. The van der Waals surface area contributed by atoms with Crippen LogP contribution >= 0.6 is 0 Å². The van der Waals surface area contributed by atoms with Gasteiger partial charge < -0.3 is 4.57 Å². The lowest BCUT2D eigenvalue weighted by atomic mass is 10.1. The van der Waals surface area contributed by atoms with Crippen molar-refractivity contribution in [1.82, 2.24) is 9.13 Å². The summed E-state index contributed by atoms with van der Waals surface area (Å²) in [6, 6.07) is 8.34. The van der Waals surface area contributed by atoms with E-state index in [9.17, 15) is 32.9 Å². The number of nitro groups is 1. The minimum Gasteiger partial charge on any atom is -0.318 e. The van der Waals surface area contributed by atoms with Gasteiger partial charge in [-0.1, -0.05) is 0 Å². The lowest BCUT2D eigenvalue weighted by Crippen LogP contribution is -2.26. The summed E-state index contributed by atoms with van der Waals surface area (Å²) in [5.41, 5.74) is -1.04. The number of aryl methyl sites for hydroxylation is 1. The number of hydrogen-bond donors (Lipinski definition) is 0. The van der Waals surface area contributed by atoms with Crippen molar-refractivity contribution in [2.75, 3.05) is 0 Å². The van der Waals surface area contributed by atoms with Crippen LogP contribution in [0.15, 0.2) is 47.4 Å². The van der Waals surface area contributed by atoms with Crippen molar-refractivity contribution in [3.05, 3.63) is 91.1 Å². The van der Waals surface area contributed by atoms with Gasteiger partial charge in [-0.15, -0.1) is 0 Å². The first-order valence-corrected chi connectivity index (χ1v) is 9.12. The molecule has 0 N–H and O–H groups in total. The summed E-state index contributed by atoms with van der Waals surface area (Å²) >= 11 is 0. The highest BCUT2D eigenvalue weighted by atomic mass is 19.4. The number of hydrogen-bond acceptors (Lipinski definition) is 5. The van der Waals surface area contributed by atoms with E-state index in [2.05, 4.69) is 0 Å². The molecule has 0 atom stereocenters. The highest BCUT2D eigenvalue weighted by Gasteiger charge is 2.30. The molecule has 0 saturated heterocycles. The van der Waals surface area contributed by atoms with Crippen molar-refractivity contribution in [1.29, 1.82) is 5.26 Å². The third kappa shape index (κ3) is 4.15. The molecule has 0 aliphatic heterocycles. The fourth-order valence-corrected chi connectivity index (χ4v) is 3.40. The fourth-order valence-electron chi connectivity index (χ4n) is 3.40. The summed E-state index contributed by atoms with van der Waals surface area (Å²) < 4.78 is 40.8. The number of alkyl halides is 3. The molecule has 164 valence electrons. The molecule has 0 aliphatic carbocycles. The highest BCUT2D eigenvalue weighted by Crippen LogP contribution is 2.30. The van der Waals surface area contributed by atoms with Gasteiger partial charge in [0.25, 0.3) is 11.2 Å². The molecule has 1 aromatic carbocycles. The van der Waals surface area contributed by atoms with Crippen LogP contribution in [0.3, 0.4) is 0 Å². The Labute approximate surface area is 178 Å². The van der Waals surface area contributed by atoms with Crippen molar-refractivity contribution >= 4 is 11.5 Å². The van der Waals surface area contributed by atoms with Gasteiger partial charge in [0, 0.05) is 28.7 Å². The van der Waals surface area contributed by atoms with Crippen LogP contribution in [0.1, 0.15) is 32.9 Å². The smallest absolute Gasteiger partial charge is 0.318 e. The molecule has 0 unspecified atom stereocenters. The van der Waals surface area contributed by atoms with E-state index in [1.54, 1.807) is 24.5 Å². The molecular weight excluding hydrogens is 429 g/mol. The van der Waals surface area contributed by atoms with E-state index in [1.807, 2.05) is 0 Å². The molecule has 2 heterocycles. The van der Waals surface area contributed by atoms with Crippen LogP contribution in [0, 0.1) is 35.3 Å². The van der Waals surface area contributed by atoms with Crippen LogP contribution in [-0.4, -0.2) is 19.8 Å². The Kier molecular flexibility index (Phi) is 5.72. The first-order chi connectivity index (χ1) is 14.9. The Balaban J connectivity index is 1.99. The standard InChI is InChI=1S/C21H15F3N4O4/c1-12-7-18(13(2)27(12)16-5-3-15(4-6-16)21(22,23)24)19(29)11-26-10-17(28(31)32)8-14(9-25)20(26)30/h3-8,10H,11H2,1-2H3. The molecule has 3 rings (SSSR count). The normalized spacial score (nSPS) is 11.2. The van der Waals surface area contributed by atoms with E-state index in [0.717, 1.165) is 29.0 Å². The number of benzene rings is 1. The number of carbonyl (C=O) groups excluding carboxylic acids is 1. The number of carbonyl (C=O) groups is 1. The molecule has 8 nitrogen and oxygen atoms in total. The van der Waals surface area contributed by atoms with Crippen molar-refractivity contribution in [2.24, 2.45) is 0 Å².